The number of rotatable bonds is 5. The molecule has 0 N–H and O–H groups in total. The van der Waals surface area contributed by atoms with Gasteiger partial charge in [0.2, 0.25) is 10.0 Å². The molecule has 2 aromatic rings. The normalized spacial score (nSPS) is 14.7. The number of pyridine rings is 1. The van der Waals surface area contributed by atoms with E-state index in [1.165, 1.54) is 21.9 Å². The Labute approximate surface area is 138 Å². The summed E-state index contributed by atoms with van der Waals surface area (Å²) in [5.74, 6) is 0. The predicted octanol–water partition coefficient (Wildman–Crippen LogP) is 2.82. The van der Waals surface area contributed by atoms with E-state index in [9.17, 15) is 8.42 Å². The van der Waals surface area contributed by atoms with Crippen LogP contribution in [0.3, 0.4) is 0 Å². The number of nitrogens with zero attached hydrogens (tertiary/aromatic N) is 2. The number of aromatic nitrogens is 1. The van der Waals surface area contributed by atoms with Gasteiger partial charge in [0.1, 0.15) is 0 Å². The first-order valence-corrected chi connectivity index (χ1v) is 9.49. The Morgan fingerprint density at radius 1 is 1.09 bits per heavy atom. The topological polar surface area (TPSA) is 50.3 Å². The Hall–Kier alpha value is -1.72. The van der Waals surface area contributed by atoms with E-state index < -0.39 is 10.0 Å². The highest BCUT2D eigenvalue weighted by Gasteiger charge is 2.22. The van der Waals surface area contributed by atoms with Crippen molar-refractivity contribution in [3.05, 3.63) is 59.4 Å². The fraction of sp³-hybridized carbons (Fsp3) is 0.389. The largest absolute Gasteiger partial charge is 0.261 e. The number of likely N-dealkylation sites (N-methyl/N-ethyl adjacent to an activating group) is 1. The Bertz CT molecular complexity index is 773. The van der Waals surface area contributed by atoms with Gasteiger partial charge in [0.05, 0.1) is 4.90 Å². The molecule has 4 nitrogen and oxygen atoms in total. The van der Waals surface area contributed by atoms with E-state index in [1.54, 1.807) is 19.3 Å². The second-order valence-corrected chi connectivity index (χ2v) is 8.08. The lowest BCUT2D eigenvalue weighted by molar-refractivity contribution is 0.471. The Morgan fingerprint density at radius 2 is 1.87 bits per heavy atom. The van der Waals surface area contributed by atoms with Gasteiger partial charge in [0.25, 0.3) is 0 Å². The summed E-state index contributed by atoms with van der Waals surface area (Å²) >= 11 is 0. The number of sulfonamides is 1. The second kappa shape index (κ2) is 6.81. The molecule has 122 valence electrons. The molecule has 0 bridgehead atoms. The maximum atomic E-state index is 12.7. The molecule has 1 aromatic heterocycles. The lowest BCUT2D eigenvalue weighted by Crippen LogP contribution is -2.29. The zero-order valence-electron chi connectivity index (χ0n) is 13.4. The maximum Gasteiger partial charge on any atom is 0.242 e. The van der Waals surface area contributed by atoms with Crippen molar-refractivity contribution in [2.45, 2.75) is 37.0 Å². The monoisotopic (exact) mass is 330 g/mol. The van der Waals surface area contributed by atoms with Gasteiger partial charge in [-0.1, -0.05) is 12.1 Å². The van der Waals surface area contributed by atoms with Crippen LogP contribution in [0.5, 0.6) is 0 Å². The number of hydrogen-bond acceptors (Lipinski definition) is 3. The smallest absolute Gasteiger partial charge is 0.242 e. The third-order valence-corrected chi connectivity index (χ3v) is 6.29. The lowest BCUT2D eigenvalue weighted by Gasteiger charge is -2.20. The van der Waals surface area contributed by atoms with Gasteiger partial charge in [-0.3, -0.25) is 4.98 Å². The van der Waals surface area contributed by atoms with Gasteiger partial charge in [-0.15, -0.1) is 0 Å². The van der Waals surface area contributed by atoms with Crippen LogP contribution in [0.1, 0.15) is 29.7 Å². The van der Waals surface area contributed by atoms with Crippen LogP contribution in [0.4, 0.5) is 0 Å². The summed E-state index contributed by atoms with van der Waals surface area (Å²) in [6.07, 6.45) is 6.73. The van der Waals surface area contributed by atoms with Crippen molar-refractivity contribution in [2.24, 2.45) is 0 Å². The molecule has 1 aliphatic rings. The minimum atomic E-state index is -3.44. The summed E-state index contributed by atoms with van der Waals surface area (Å²) in [4.78, 5) is 4.65. The van der Waals surface area contributed by atoms with Gasteiger partial charge in [0.15, 0.2) is 0 Å². The number of fused-ring (bicyclic) bond motifs is 1. The molecule has 1 aromatic carbocycles. The zero-order valence-corrected chi connectivity index (χ0v) is 14.2. The van der Waals surface area contributed by atoms with E-state index >= 15 is 0 Å². The first-order valence-electron chi connectivity index (χ1n) is 8.05. The number of hydrogen-bond donors (Lipinski definition) is 0. The first-order chi connectivity index (χ1) is 11.1. The molecule has 0 atom stereocenters. The fourth-order valence-corrected chi connectivity index (χ4v) is 4.21. The molecule has 0 spiro atoms. The number of benzene rings is 1. The van der Waals surface area contributed by atoms with Crippen LogP contribution in [0.2, 0.25) is 0 Å². The molecule has 1 heterocycles. The summed E-state index contributed by atoms with van der Waals surface area (Å²) in [6, 6.07) is 11.3. The van der Waals surface area contributed by atoms with Crippen LogP contribution in [0, 0.1) is 0 Å². The van der Waals surface area contributed by atoms with Gasteiger partial charge in [-0.05, 0) is 61.1 Å². The predicted molar refractivity (Wildman–Crippen MR) is 90.8 cm³/mol. The standard InChI is InChI=1S/C18H22N2O2S/c1-20(13-11-17-8-4-5-12-19-17)23(21,22)18-10-9-15-6-2-3-7-16(15)14-18/h4-5,8-10,12,14H,2-3,6-7,11,13H2,1H3. The Morgan fingerprint density at radius 3 is 2.61 bits per heavy atom. The van der Waals surface area contributed by atoms with E-state index in [0.717, 1.165) is 25.0 Å². The van der Waals surface area contributed by atoms with Gasteiger partial charge in [-0.25, -0.2) is 12.7 Å². The van der Waals surface area contributed by atoms with Crippen molar-refractivity contribution in [3.8, 4) is 0 Å². The molecular weight excluding hydrogens is 308 g/mol. The van der Waals surface area contributed by atoms with E-state index in [0.29, 0.717) is 17.9 Å². The molecule has 1 aliphatic carbocycles. The van der Waals surface area contributed by atoms with Crippen LogP contribution in [-0.2, 0) is 29.3 Å². The van der Waals surface area contributed by atoms with Crippen LogP contribution in [0.15, 0.2) is 47.5 Å². The Balaban J connectivity index is 1.75. The van der Waals surface area contributed by atoms with Crippen molar-refractivity contribution in [1.29, 1.82) is 0 Å². The molecular formula is C18H22N2O2S. The molecule has 0 saturated heterocycles. The molecule has 5 heteroatoms. The van der Waals surface area contributed by atoms with Crippen LogP contribution < -0.4 is 0 Å². The molecule has 0 radical (unpaired) electrons. The molecule has 0 aliphatic heterocycles. The summed E-state index contributed by atoms with van der Waals surface area (Å²) in [5, 5.41) is 0. The van der Waals surface area contributed by atoms with Crippen LogP contribution in [-0.4, -0.2) is 31.3 Å². The van der Waals surface area contributed by atoms with Crippen molar-refractivity contribution in [2.75, 3.05) is 13.6 Å². The summed E-state index contributed by atoms with van der Waals surface area (Å²) in [7, 11) is -1.80. The molecule has 3 rings (SSSR count). The van der Waals surface area contributed by atoms with Crippen LogP contribution >= 0.6 is 0 Å². The highest BCUT2D eigenvalue weighted by Crippen LogP contribution is 2.25. The quantitative estimate of drug-likeness (QED) is 0.847. The molecule has 0 unspecified atom stereocenters. The Kier molecular flexibility index (Phi) is 4.78. The molecule has 0 saturated carbocycles. The van der Waals surface area contributed by atoms with Gasteiger partial charge >= 0.3 is 0 Å². The second-order valence-electron chi connectivity index (χ2n) is 6.04. The van der Waals surface area contributed by atoms with Gasteiger partial charge in [-0.2, -0.15) is 0 Å². The minimum absolute atomic E-state index is 0.404. The van der Waals surface area contributed by atoms with E-state index in [2.05, 4.69) is 4.98 Å². The molecule has 0 fully saturated rings. The van der Waals surface area contributed by atoms with Crippen molar-refractivity contribution < 1.29 is 8.42 Å². The average molecular weight is 330 g/mol. The summed E-state index contributed by atoms with van der Waals surface area (Å²) < 4.78 is 26.9. The SMILES string of the molecule is CN(CCc1ccccn1)S(=O)(=O)c1ccc2c(c1)CCCC2. The van der Waals surface area contributed by atoms with Gasteiger partial charge in [0, 0.05) is 31.9 Å². The van der Waals surface area contributed by atoms with E-state index in [4.69, 9.17) is 0 Å². The van der Waals surface area contributed by atoms with Gasteiger partial charge < -0.3 is 0 Å². The fourth-order valence-electron chi connectivity index (χ4n) is 2.99. The van der Waals surface area contributed by atoms with Crippen molar-refractivity contribution in [1.82, 2.24) is 9.29 Å². The lowest BCUT2D eigenvalue weighted by atomic mass is 9.92. The summed E-state index contributed by atoms with van der Waals surface area (Å²) in [5.41, 5.74) is 3.39. The highest BCUT2D eigenvalue weighted by atomic mass is 32.2. The van der Waals surface area contributed by atoms with Crippen LogP contribution in [0.25, 0.3) is 0 Å². The first kappa shape index (κ1) is 16.1. The highest BCUT2D eigenvalue weighted by molar-refractivity contribution is 7.89. The zero-order chi connectivity index (χ0) is 16.3. The van der Waals surface area contributed by atoms with Crippen molar-refractivity contribution >= 4 is 10.0 Å². The third kappa shape index (κ3) is 3.62. The number of aryl methyl sites for hydroxylation is 2. The van der Waals surface area contributed by atoms with E-state index in [-0.39, 0.29) is 0 Å². The average Bonchev–Trinajstić information content (AvgIpc) is 2.60. The third-order valence-electron chi connectivity index (χ3n) is 4.44. The maximum absolute atomic E-state index is 12.7. The molecule has 23 heavy (non-hydrogen) atoms. The van der Waals surface area contributed by atoms with Crippen molar-refractivity contribution in [3.63, 3.8) is 0 Å². The minimum Gasteiger partial charge on any atom is -0.261 e. The summed E-state index contributed by atoms with van der Waals surface area (Å²) in [6.45, 7) is 0.427. The molecule has 0 amide bonds. The van der Waals surface area contributed by atoms with E-state index in [1.807, 2.05) is 30.3 Å².